The van der Waals surface area contributed by atoms with Gasteiger partial charge < -0.3 is 10.8 Å². The Hall–Kier alpha value is 0.210. The van der Waals surface area contributed by atoms with Gasteiger partial charge in [-0.1, -0.05) is 90.9 Å². The molecule has 0 rings (SSSR count). The summed E-state index contributed by atoms with van der Waals surface area (Å²) >= 11 is 0. The Labute approximate surface area is 146 Å². The van der Waals surface area contributed by atoms with Gasteiger partial charge in [-0.2, -0.15) is 0 Å². The van der Waals surface area contributed by atoms with Crippen LogP contribution in [0.15, 0.2) is 0 Å². The third-order valence-corrected chi connectivity index (χ3v) is 4.82. The van der Waals surface area contributed by atoms with Crippen molar-refractivity contribution in [3.63, 3.8) is 0 Å². The maximum absolute atomic E-state index is 10.0. The lowest BCUT2D eigenvalue weighted by Crippen LogP contribution is -2.49. The Morgan fingerprint density at radius 2 is 1.05 bits per heavy atom. The van der Waals surface area contributed by atoms with Crippen LogP contribution in [0, 0.1) is 0 Å². The van der Waals surface area contributed by atoms with Crippen molar-refractivity contribution in [2.45, 2.75) is 122 Å². The van der Waals surface area contributed by atoms with Crippen molar-refractivity contribution in [1.29, 1.82) is 0 Å². The van der Waals surface area contributed by atoms with Crippen LogP contribution in [0.2, 0.25) is 0 Å². The lowest BCUT2D eigenvalue weighted by Gasteiger charge is -2.33. The van der Waals surface area contributed by atoms with E-state index in [1.807, 2.05) is 6.92 Å². The van der Waals surface area contributed by atoms with Crippen LogP contribution in [0.4, 0.5) is 0 Å². The minimum absolute atomic E-state index is 0. The van der Waals surface area contributed by atoms with Gasteiger partial charge in [-0.25, -0.2) is 0 Å². The molecule has 0 saturated carbocycles. The predicted octanol–water partition coefficient (Wildman–Crippen LogP) is 5.99. The third-order valence-electron chi connectivity index (χ3n) is 4.82. The van der Waals surface area contributed by atoms with Crippen LogP contribution in [-0.4, -0.2) is 16.7 Å². The molecule has 136 valence electrons. The molecule has 0 heterocycles. The first-order valence-corrected chi connectivity index (χ1v) is 9.53. The number of hydrogen-bond acceptors (Lipinski definition) is 2. The van der Waals surface area contributed by atoms with E-state index in [0.29, 0.717) is 0 Å². The van der Waals surface area contributed by atoms with Gasteiger partial charge in [0.2, 0.25) is 0 Å². The highest BCUT2D eigenvalue weighted by Gasteiger charge is 2.29. The van der Waals surface area contributed by atoms with Crippen LogP contribution in [0.3, 0.4) is 0 Å². The van der Waals surface area contributed by atoms with Gasteiger partial charge in [0.05, 0.1) is 6.10 Å². The van der Waals surface area contributed by atoms with Gasteiger partial charge in [-0.3, -0.25) is 0 Å². The fourth-order valence-corrected chi connectivity index (χ4v) is 3.01. The summed E-state index contributed by atoms with van der Waals surface area (Å²) in [5.74, 6) is 0. The molecule has 0 saturated heterocycles. The summed E-state index contributed by atoms with van der Waals surface area (Å²) in [6, 6.07) is 0. The molecule has 0 fully saturated rings. The van der Waals surface area contributed by atoms with Gasteiger partial charge in [0.1, 0.15) is 0 Å². The van der Waals surface area contributed by atoms with Crippen LogP contribution in [-0.2, 0) is 0 Å². The summed E-state index contributed by atoms with van der Waals surface area (Å²) in [6.45, 7) is 6.37. The molecular formula is C19H42ClNO. The second kappa shape index (κ2) is 16.1. The molecule has 0 amide bonds. The summed E-state index contributed by atoms with van der Waals surface area (Å²) in [5, 5.41) is 10.0. The molecule has 2 nitrogen and oxygen atoms in total. The Morgan fingerprint density at radius 3 is 1.36 bits per heavy atom. The maximum Gasteiger partial charge on any atom is 0.0691 e. The largest absolute Gasteiger partial charge is 0.392 e. The second-order valence-corrected chi connectivity index (χ2v) is 6.94. The van der Waals surface area contributed by atoms with E-state index in [-0.39, 0.29) is 24.0 Å². The molecule has 1 unspecified atom stereocenters. The fraction of sp³-hybridized carbons (Fsp3) is 1.00. The number of halogens is 1. The van der Waals surface area contributed by atoms with Crippen molar-refractivity contribution in [3.05, 3.63) is 0 Å². The first-order valence-electron chi connectivity index (χ1n) is 9.53. The number of hydrogen-bond donors (Lipinski definition) is 2. The molecule has 0 aromatic rings. The molecule has 0 spiro atoms. The van der Waals surface area contributed by atoms with Gasteiger partial charge in [-0.15, -0.1) is 12.4 Å². The van der Waals surface area contributed by atoms with Crippen LogP contribution in [0.5, 0.6) is 0 Å². The molecule has 0 aliphatic heterocycles. The average Bonchev–Trinajstić information content (AvgIpc) is 2.46. The molecule has 0 aromatic carbocycles. The standard InChI is InChI=1S/C19H41NO.ClH/c1-4-6-8-10-12-14-16-19(20,18(3)21)17-15-13-11-9-7-5-2;/h18,21H,4-17,20H2,1-3H3;1H. The van der Waals surface area contributed by atoms with Crippen molar-refractivity contribution < 1.29 is 5.11 Å². The monoisotopic (exact) mass is 335 g/mol. The summed E-state index contributed by atoms with van der Waals surface area (Å²) in [4.78, 5) is 0. The molecule has 1 atom stereocenters. The fourth-order valence-electron chi connectivity index (χ4n) is 3.01. The third kappa shape index (κ3) is 12.7. The van der Waals surface area contributed by atoms with Crippen LogP contribution in [0.1, 0.15) is 111 Å². The molecule has 3 heteroatoms. The number of aliphatic hydroxyl groups excluding tert-OH is 1. The highest BCUT2D eigenvalue weighted by molar-refractivity contribution is 5.85. The van der Waals surface area contributed by atoms with Crippen molar-refractivity contribution in [1.82, 2.24) is 0 Å². The number of aliphatic hydroxyl groups is 1. The van der Waals surface area contributed by atoms with Gasteiger partial charge in [0, 0.05) is 5.54 Å². The van der Waals surface area contributed by atoms with E-state index in [0.717, 1.165) is 12.8 Å². The van der Waals surface area contributed by atoms with Crippen molar-refractivity contribution in [2.75, 3.05) is 0 Å². The van der Waals surface area contributed by atoms with Gasteiger partial charge >= 0.3 is 0 Å². The summed E-state index contributed by atoms with van der Waals surface area (Å²) in [6.07, 6.45) is 17.1. The predicted molar refractivity (Wildman–Crippen MR) is 102 cm³/mol. The summed E-state index contributed by atoms with van der Waals surface area (Å²) in [7, 11) is 0. The van der Waals surface area contributed by atoms with E-state index in [1.54, 1.807) is 0 Å². The molecular weight excluding hydrogens is 294 g/mol. The lowest BCUT2D eigenvalue weighted by atomic mass is 9.83. The topological polar surface area (TPSA) is 46.2 Å². The highest BCUT2D eigenvalue weighted by atomic mass is 35.5. The van der Waals surface area contributed by atoms with Crippen LogP contribution in [0.25, 0.3) is 0 Å². The quantitative estimate of drug-likeness (QED) is 0.361. The number of rotatable bonds is 15. The van der Waals surface area contributed by atoms with Crippen LogP contribution < -0.4 is 5.73 Å². The van der Waals surface area contributed by atoms with Crippen molar-refractivity contribution in [3.8, 4) is 0 Å². The Morgan fingerprint density at radius 1 is 0.727 bits per heavy atom. The van der Waals surface area contributed by atoms with E-state index in [2.05, 4.69) is 13.8 Å². The molecule has 0 aliphatic carbocycles. The zero-order valence-corrected chi connectivity index (χ0v) is 16.2. The Bertz CT molecular complexity index is 205. The molecule has 0 aliphatic rings. The zero-order chi connectivity index (χ0) is 16.0. The average molecular weight is 336 g/mol. The van der Waals surface area contributed by atoms with Crippen molar-refractivity contribution in [2.24, 2.45) is 5.73 Å². The first-order chi connectivity index (χ1) is 10.1. The summed E-state index contributed by atoms with van der Waals surface area (Å²) in [5.41, 5.74) is 6.12. The van der Waals surface area contributed by atoms with Gasteiger partial charge in [-0.05, 0) is 19.8 Å². The first kappa shape index (κ1) is 24.5. The van der Waals surface area contributed by atoms with E-state index in [9.17, 15) is 5.11 Å². The molecule has 0 aromatic heterocycles. The molecule has 0 bridgehead atoms. The van der Waals surface area contributed by atoms with Crippen LogP contribution >= 0.6 is 12.4 Å². The normalized spacial score (nSPS) is 13.0. The van der Waals surface area contributed by atoms with E-state index >= 15 is 0 Å². The molecule has 0 radical (unpaired) electrons. The van der Waals surface area contributed by atoms with Crippen molar-refractivity contribution >= 4 is 12.4 Å². The highest BCUT2D eigenvalue weighted by Crippen LogP contribution is 2.24. The smallest absolute Gasteiger partial charge is 0.0691 e. The van der Waals surface area contributed by atoms with E-state index in [4.69, 9.17) is 5.73 Å². The minimum atomic E-state index is -0.385. The summed E-state index contributed by atoms with van der Waals surface area (Å²) < 4.78 is 0. The van der Waals surface area contributed by atoms with Gasteiger partial charge in [0.15, 0.2) is 0 Å². The maximum atomic E-state index is 10.0. The van der Waals surface area contributed by atoms with E-state index < -0.39 is 0 Å². The minimum Gasteiger partial charge on any atom is -0.392 e. The number of nitrogens with two attached hydrogens (primary N) is 1. The zero-order valence-electron chi connectivity index (χ0n) is 15.4. The second-order valence-electron chi connectivity index (χ2n) is 6.94. The SMILES string of the molecule is CCCCCCCCC(N)(CCCCCCCC)C(C)O.Cl. The molecule has 3 N–H and O–H groups in total. The molecule has 22 heavy (non-hydrogen) atoms. The van der Waals surface area contributed by atoms with Gasteiger partial charge in [0.25, 0.3) is 0 Å². The Balaban J connectivity index is 0. The number of unbranched alkanes of at least 4 members (excludes halogenated alkanes) is 10. The Kier molecular flexibility index (Phi) is 17.9. The lowest BCUT2D eigenvalue weighted by molar-refractivity contribution is 0.0842. The van der Waals surface area contributed by atoms with E-state index in [1.165, 1.54) is 77.0 Å².